The average molecular weight is 767 g/mol. The zero-order valence-corrected chi connectivity index (χ0v) is 30.9. The molecule has 0 unspecified atom stereocenters. The molecule has 0 bridgehead atoms. The topological polar surface area (TPSA) is 101 Å². The summed E-state index contributed by atoms with van der Waals surface area (Å²) in [5.74, 6) is -1.43. The van der Waals surface area contributed by atoms with Gasteiger partial charge in [-0.25, -0.2) is 15.0 Å². The molecule has 0 aliphatic carbocycles. The molecule has 18 heteroatoms. The maximum absolute atomic E-state index is 14.1. The molecular formula is C35H32F9N4NaO4. The number of benzene rings is 2. The number of anilines is 1. The summed E-state index contributed by atoms with van der Waals surface area (Å²) in [5.41, 5.74) is -3.93. The van der Waals surface area contributed by atoms with Crippen LogP contribution in [-0.2, 0) is 36.4 Å². The Morgan fingerprint density at radius 3 is 1.94 bits per heavy atom. The van der Waals surface area contributed by atoms with Crippen LogP contribution in [0.2, 0.25) is 0 Å². The summed E-state index contributed by atoms with van der Waals surface area (Å²) >= 11 is 0. The Morgan fingerprint density at radius 1 is 0.811 bits per heavy atom. The van der Waals surface area contributed by atoms with E-state index in [0.717, 1.165) is 29.4 Å². The van der Waals surface area contributed by atoms with E-state index in [-0.39, 0.29) is 102 Å². The third-order valence-electron chi connectivity index (χ3n) is 7.53. The second kappa shape index (κ2) is 17.8. The first-order valence-corrected chi connectivity index (χ1v) is 15.8. The van der Waals surface area contributed by atoms with E-state index in [2.05, 4.69) is 15.0 Å². The van der Waals surface area contributed by atoms with Crippen LogP contribution in [0.15, 0.2) is 60.9 Å². The number of carboxylic acids is 1. The number of hydrogen-bond donors (Lipinski definition) is 0. The number of pyridine rings is 1. The van der Waals surface area contributed by atoms with E-state index in [4.69, 9.17) is 9.47 Å². The third-order valence-corrected chi connectivity index (χ3v) is 7.53. The van der Waals surface area contributed by atoms with Crippen molar-refractivity contribution in [3.63, 3.8) is 0 Å². The number of alkyl halides is 9. The van der Waals surface area contributed by atoms with Crippen LogP contribution in [0.4, 0.5) is 45.5 Å². The molecule has 0 saturated carbocycles. The van der Waals surface area contributed by atoms with Crippen molar-refractivity contribution in [3.8, 4) is 22.8 Å². The fourth-order valence-corrected chi connectivity index (χ4v) is 5.07. The van der Waals surface area contributed by atoms with Gasteiger partial charge in [-0.2, -0.15) is 39.5 Å². The molecule has 0 atom stereocenters. The summed E-state index contributed by atoms with van der Waals surface area (Å²) in [6.45, 7) is 4.20. The Kier molecular flexibility index (Phi) is 14.6. The minimum Gasteiger partial charge on any atom is -0.550 e. The maximum Gasteiger partial charge on any atom is 1.00 e. The number of aromatic nitrogens is 3. The van der Waals surface area contributed by atoms with Gasteiger partial charge in [-0.3, -0.25) is 0 Å². The summed E-state index contributed by atoms with van der Waals surface area (Å²) < 4.78 is 136. The molecule has 280 valence electrons. The van der Waals surface area contributed by atoms with Gasteiger partial charge in [0.05, 0.1) is 42.3 Å². The Hall–Kier alpha value is -4.09. The van der Waals surface area contributed by atoms with Gasteiger partial charge in [-0.15, -0.1) is 0 Å². The number of halogens is 9. The monoisotopic (exact) mass is 766 g/mol. The fraction of sp³-hybridized carbons (Fsp3) is 0.371. The molecule has 0 saturated heterocycles. The molecular weight excluding hydrogens is 734 g/mol. The number of carbonyl (C=O) groups is 1. The van der Waals surface area contributed by atoms with E-state index in [1.165, 1.54) is 6.07 Å². The molecule has 2 aromatic heterocycles. The van der Waals surface area contributed by atoms with Crippen LogP contribution >= 0.6 is 0 Å². The number of hydrogen-bond acceptors (Lipinski definition) is 8. The molecule has 2 heterocycles. The van der Waals surface area contributed by atoms with Crippen molar-refractivity contribution >= 4 is 11.9 Å². The van der Waals surface area contributed by atoms with Gasteiger partial charge >= 0.3 is 48.1 Å². The quantitative estimate of drug-likeness (QED) is 0.0978. The Bertz CT molecular complexity index is 1820. The van der Waals surface area contributed by atoms with Gasteiger partial charge in [0.2, 0.25) is 5.95 Å². The SMILES string of the molecule is CCOc1ccc(C(C)C)nc1-c1ccc(C(F)(F)F)cc1CN(Cc1cc(C(F)(F)F)cc(C(F)(F)F)c1)c1ncc(OCCCC(=O)[O-])cn1.[Na+]. The zero-order chi connectivity index (χ0) is 38.4. The largest absolute Gasteiger partial charge is 1.00 e. The van der Waals surface area contributed by atoms with Crippen molar-refractivity contribution in [2.45, 2.75) is 71.1 Å². The molecule has 4 rings (SSSR count). The Balaban J connectivity index is 0.00000756. The van der Waals surface area contributed by atoms with Crippen molar-refractivity contribution in [3.05, 3.63) is 94.4 Å². The van der Waals surface area contributed by atoms with Crippen molar-refractivity contribution in [2.24, 2.45) is 0 Å². The standard InChI is InChI=1S/C35H33F9N4O4.Na/c1-4-51-29-10-9-28(20(2)3)47-31(29)27-8-7-23(33(36,37)38)14-22(27)19-48(32-45-16-26(17-46-32)52-11-5-6-30(49)50)18-21-12-24(34(39,40)41)15-25(13-21)35(42,43)44;/h7-10,12-17,20H,4-6,11,18-19H2,1-3H3,(H,49,50);/q;+1/p-1. The van der Waals surface area contributed by atoms with E-state index in [1.54, 1.807) is 19.1 Å². The number of nitrogens with zero attached hydrogens (tertiary/aromatic N) is 4. The van der Waals surface area contributed by atoms with Crippen LogP contribution in [0.3, 0.4) is 0 Å². The van der Waals surface area contributed by atoms with Gasteiger partial charge in [-0.1, -0.05) is 19.9 Å². The van der Waals surface area contributed by atoms with Gasteiger partial charge in [0, 0.05) is 30.3 Å². The molecule has 0 aliphatic heterocycles. The van der Waals surface area contributed by atoms with Crippen LogP contribution in [0.25, 0.3) is 11.3 Å². The average Bonchev–Trinajstić information content (AvgIpc) is 3.05. The minimum atomic E-state index is -5.16. The molecule has 0 amide bonds. The third kappa shape index (κ3) is 12.0. The van der Waals surface area contributed by atoms with Crippen LogP contribution in [0, 0.1) is 0 Å². The Morgan fingerprint density at radius 2 is 1.42 bits per heavy atom. The van der Waals surface area contributed by atoms with Crippen LogP contribution in [0.5, 0.6) is 11.5 Å². The van der Waals surface area contributed by atoms with Gasteiger partial charge < -0.3 is 24.3 Å². The van der Waals surface area contributed by atoms with Crippen LogP contribution < -0.4 is 49.0 Å². The number of ether oxygens (including phenoxy) is 2. The molecule has 0 fully saturated rings. The zero-order valence-electron chi connectivity index (χ0n) is 28.9. The fourth-order valence-electron chi connectivity index (χ4n) is 5.07. The Labute approximate surface area is 320 Å². The number of aliphatic carboxylic acids is 1. The van der Waals surface area contributed by atoms with Crippen LogP contribution in [0.1, 0.15) is 73.0 Å². The molecule has 2 aromatic carbocycles. The first-order valence-electron chi connectivity index (χ1n) is 15.8. The van der Waals surface area contributed by atoms with E-state index < -0.39 is 59.8 Å². The minimum absolute atomic E-state index is 0. The number of rotatable bonds is 14. The van der Waals surface area contributed by atoms with Gasteiger partial charge in [0.15, 0.2) is 5.75 Å². The predicted octanol–water partition coefficient (Wildman–Crippen LogP) is 5.24. The first kappa shape index (κ1) is 43.3. The summed E-state index contributed by atoms with van der Waals surface area (Å²) in [6, 6.07) is 7.08. The van der Waals surface area contributed by atoms with Crippen LogP contribution in [-0.4, -0.2) is 34.1 Å². The van der Waals surface area contributed by atoms with E-state index in [0.29, 0.717) is 17.8 Å². The van der Waals surface area contributed by atoms with Crippen molar-refractivity contribution in [1.29, 1.82) is 0 Å². The summed E-state index contributed by atoms with van der Waals surface area (Å²) in [5, 5.41) is 10.7. The van der Waals surface area contributed by atoms with Crippen molar-refractivity contribution in [1.82, 2.24) is 15.0 Å². The molecule has 8 nitrogen and oxygen atoms in total. The van der Waals surface area contributed by atoms with Gasteiger partial charge in [0.1, 0.15) is 11.4 Å². The van der Waals surface area contributed by atoms with Crippen molar-refractivity contribution < 1.29 is 88.4 Å². The summed E-state index contributed by atoms with van der Waals surface area (Å²) in [4.78, 5) is 24.7. The van der Waals surface area contributed by atoms with Gasteiger partial charge in [-0.05, 0) is 79.3 Å². The number of carboxylic acid groups (broad SMARTS) is 1. The first-order chi connectivity index (χ1) is 24.3. The molecule has 53 heavy (non-hydrogen) atoms. The van der Waals surface area contributed by atoms with Crippen molar-refractivity contribution in [2.75, 3.05) is 18.1 Å². The molecule has 4 aromatic rings. The van der Waals surface area contributed by atoms with E-state index in [1.807, 2.05) is 13.8 Å². The number of carbonyl (C=O) groups excluding carboxylic acids is 1. The summed E-state index contributed by atoms with van der Waals surface area (Å²) in [6.07, 6.45) is -13.1. The predicted molar refractivity (Wildman–Crippen MR) is 168 cm³/mol. The molecule has 0 aliphatic rings. The van der Waals surface area contributed by atoms with E-state index >= 15 is 0 Å². The second-order valence-electron chi connectivity index (χ2n) is 11.9. The normalized spacial score (nSPS) is 12.0. The smallest absolute Gasteiger partial charge is 0.550 e. The molecule has 0 radical (unpaired) electrons. The second-order valence-corrected chi connectivity index (χ2v) is 11.9. The summed E-state index contributed by atoms with van der Waals surface area (Å²) in [7, 11) is 0. The van der Waals surface area contributed by atoms with E-state index in [9.17, 15) is 49.4 Å². The van der Waals surface area contributed by atoms with Gasteiger partial charge in [0.25, 0.3) is 0 Å². The molecule has 0 spiro atoms. The maximum atomic E-state index is 14.1. The molecule has 0 N–H and O–H groups in total.